The molecule has 9 nitrogen and oxygen atoms in total. The van der Waals surface area contributed by atoms with Crippen molar-refractivity contribution >= 4 is 42.2 Å². The number of halogens is 1. The molecule has 1 aromatic carbocycles. The van der Waals surface area contributed by atoms with Gasteiger partial charge in [0.15, 0.2) is 0 Å². The topological polar surface area (TPSA) is 113 Å². The first-order chi connectivity index (χ1) is 16.3. The molecule has 0 aliphatic heterocycles. The Morgan fingerprint density at radius 2 is 1.77 bits per heavy atom. The lowest BCUT2D eigenvalue weighted by atomic mass is 10.0. The van der Waals surface area contributed by atoms with Crippen LogP contribution in [0.5, 0.6) is 0 Å². The Morgan fingerprint density at radius 3 is 2.31 bits per heavy atom. The van der Waals surface area contributed by atoms with E-state index in [1.807, 2.05) is 19.1 Å². The van der Waals surface area contributed by atoms with Crippen LogP contribution >= 0.6 is 19.2 Å². The molecule has 0 saturated carbocycles. The lowest BCUT2D eigenvalue weighted by Gasteiger charge is -2.23. The molecule has 2 aromatic rings. The van der Waals surface area contributed by atoms with Crippen molar-refractivity contribution in [2.45, 2.75) is 65.8 Å². The first-order valence-corrected chi connectivity index (χ1v) is 13.5. The van der Waals surface area contributed by atoms with E-state index in [0.717, 1.165) is 10.9 Å². The molecular weight excluding hydrogens is 495 g/mol. The number of aryl methyl sites for hydroxylation is 1. The van der Waals surface area contributed by atoms with Gasteiger partial charge >= 0.3 is 19.7 Å². The largest absolute Gasteiger partial charge is 0.467 e. The summed E-state index contributed by atoms with van der Waals surface area (Å²) in [5.74, 6) is -0.677. The number of carbonyl (C=O) groups is 2. The number of aromatic nitrogens is 1. The zero-order valence-electron chi connectivity index (χ0n) is 21.3. The first-order valence-electron chi connectivity index (χ1n) is 11.3. The number of methoxy groups -OCH3 is 1. The van der Waals surface area contributed by atoms with E-state index in [0.29, 0.717) is 21.8 Å². The van der Waals surface area contributed by atoms with E-state index in [1.165, 1.54) is 7.11 Å². The van der Waals surface area contributed by atoms with E-state index in [4.69, 9.17) is 35.1 Å². The molecule has 11 heteroatoms. The van der Waals surface area contributed by atoms with Crippen LogP contribution in [0.15, 0.2) is 18.2 Å². The fourth-order valence-electron chi connectivity index (χ4n) is 3.42. The summed E-state index contributed by atoms with van der Waals surface area (Å²) in [6, 6.07) is 4.32. The molecule has 0 aliphatic carbocycles. The molecule has 0 radical (unpaired) electrons. The summed E-state index contributed by atoms with van der Waals surface area (Å²) < 4.78 is 34.5. The number of rotatable bonds is 10. The highest BCUT2D eigenvalue weighted by Crippen LogP contribution is 2.52. The first kappa shape index (κ1) is 29.0. The van der Waals surface area contributed by atoms with Crippen LogP contribution in [0.3, 0.4) is 0 Å². The molecule has 2 rings (SSSR count). The molecule has 1 atom stereocenters. The summed E-state index contributed by atoms with van der Waals surface area (Å²) in [6.45, 7) is 10.9. The third-order valence-electron chi connectivity index (χ3n) is 4.85. The standard InChI is InChI=1S/C24H34ClN2O7P/c1-8-32-35(30,33-9-2)14-17-11-16-10-15(3)18(25)12-19(16)26-20(17)13-21(22(28)31-7)27-23(29)34-24(4,5)6/h10-12,21H,8-9,13-14H2,1-7H3,(H,27,29)/t21-/m1/s1. The number of carbonyl (C=O) groups excluding carboxylic acids is 2. The Hall–Kier alpha value is -2.19. The number of hydrogen-bond acceptors (Lipinski definition) is 8. The van der Waals surface area contributed by atoms with Crippen molar-refractivity contribution in [2.75, 3.05) is 20.3 Å². The van der Waals surface area contributed by atoms with E-state index in [1.54, 1.807) is 40.7 Å². The van der Waals surface area contributed by atoms with Crippen LogP contribution in [0.25, 0.3) is 10.9 Å². The second-order valence-corrected chi connectivity index (χ2v) is 11.4. The monoisotopic (exact) mass is 528 g/mol. The van der Waals surface area contributed by atoms with Gasteiger partial charge in [0.2, 0.25) is 0 Å². The van der Waals surface area contributed by atoms with Crippen molar-refractivity contribution < 1.29 is 32.7 Å². The van der Waals surface area contributed by atoms with Crippen LogP contribution in [0.1, 0.15) is 51.4 Å². The van der Waals surface area contributed by atoms with Gasteiger partial charge < -0.3 is 23.8 Å². The average molecular weight is 529 g/mol. The van der Waals surface area contributed by atoms with E-state index in [-0.39, 0.29) is 25.8 Å². The Bertz CT molecular complexity index is 1110. The van der Waals surface area contributed by atoms with E-state index in [9.17, 15) is 14.2 Å². The van der Waals surface area contributed by atoms with Crippen molar-refractivity contribution in [3.63, 3.8) is 0 Å². The summed E-state index contributed by atoms with van der Waals surface area (Å²) in [5.41, 5.74) is 1.67. The van der Waals surface area contributed by atoms with Gasteiger partial charge in [0.25, 0.3) is 0 Å². The molecule has 1 amide bonds. The second kappa shape index (κ2) is 12.2. The van der Waals surface area contributed by atoms with Gasteiger partial charge in [0, 0.05) is 22.5 Å². The van der Waals surface area contributed by atoms with Gasteiger partial charge in [-0.3, -0.25) is 9.55 Å². The molecule has 1 N–H and O–H groups in total. The third kappa shape index (κ3) is 8.46. The number of esters is 1. The summed E-state index contributed by atoms with van der Waals surface area (Å²) in [7, 11) is -2.27. The number of ether oxygens (including phenoxy) is 2. The quantitative estimate of drug-likeness (QED) is 0.314. The fourth-order valence-corrected chi connectivity index (χ4v) is 5.31. The molecule has 0 bridgehead atoms. The highest BCUT2D eigenvalue weighted by Gasteiger charge is 2.30. The van der Waals surface area contributed by atoms with Gasteiger partial charge in [0.1, 0.15) is 11.6 Å². The smallest absolute Gasteiger partial charge is 0.408 e. The zero-order valence-corrected chi connectivity index (χ0v) is 22.9. The lowest BCUT2D eigenvalue weighted by molar-refractivity contribution is -0.143. The fraction of sp³-hybridized carbons (Fsp3) is 0.542. The number of hydrogen-bond donors (Lipinski definition) is 1. The summed E-state index contributed by atoms with van der Waals surface area (Å²) in [5, 5.41) is 3.86. The Labute approximate surface area is 211 Å². The minimum atomic E-state index is -3.49. The number of benzene rings is 1. The molecular formula is C24H34ClN2O7P. The van der Waals surface area contributed by atoms with Gasteiger partial charge in [-0.25, -0.2) is 9.59 Å². The van der Waals surface area contributed by atoms with Gasteiger partial charge in [-0.1, -0.05) is 11.6 Å². The molecule has 1 heterocycles. The molecule has 0 aliphatic rings. The number of amides is 1. The number of fused-ring (bicyclic) bond motifs is 1. The lowest BCUT2D eigenvalue weighted by Crippen LogP contribution is -2.45. The maximum atomic E-state index is 13.3. The number of alkyl carbamates (subject to hydrolysis) is 1. The van der Waals surface area contributed by atoms with Crippen molar-refractivity contribution in [3.8, 4) is 0 Å². The van der Waals surface area contributed by atoms with E-state index in [2.05, 4.69) is 5.32 Å². The van der Waals surface area contributed by atoms with Crippen LogP contribution in [-0.4, -0.2) is 49.0 Å². The molecule has 0 saturated heterocycles. The zero-order chi connectivity index (χ0) is 26.4. The number of pyridine rings is 1. The molecule has 0 spiro atoms. The van der Waals surface area contributed by atoms with Gasteiger partial charge in [0.05, 0.1) is 32.0 Å². The average Bonchev–Trinajstić information content (AvgIpc) is 2.73. The minimum absolute atomic E-state index is 0.0407. The number of nitrogens with one attached hydrogen (secondary N) is 1. The Morgan fingerprint density at radius 1 is 1.14 bits per heavy atom. The van der Waals surface area contributed by atoms with Crippen molar-refractivity contribution in [3.05, 3.63) is 40.0 Å². The van der Waals surface area contributed by atoms with Crippen molar-refractivity contribution in [1.82, 2.24) is 10.3 Å². The summed E-state index contributed by atoms with van der Waals surface area (Å²) >= 11 is 6.31. The minimum Gasteiger partial charge on any atom is -0.467 e. The summed E-state index contributed by atoms with van der Waals surface area (Å²) in [4.78, 5) is 29.6. The SMILES string of the molecule is CCOP(=O)(Cc1cc2cc(C)c(Cl)cc2nc1C[C@@H](NC(=O)OC(C)(C)C)C(=O)OC)OCC. The van der Waals surface area contributed by atoms with Crippen LogP contribution < -0.4 is 5.32 Å². The molecule has 0 fully saturated rings. The molecule has 35 heavy (non-hydrogen) atoms. The maximum Gasteiger partial charge on any atom is 0.408 e. The van der Waals surface area contributed by atoms with Crippen LogP contribution in [0, 0.1) is 6.92 Å². The number of nitrogens with zero attached hydrogens (tertiary/aromatic N) is 1. The van der Waals surface area contributed by atoms with Crippen molar-refractivity contribution in [2.24, 2.45) is 0 Å². The Balaban J connectivity index is 2.55. The van der Waals surface area contributed by atoms with Crippen molar-refractivity contribution in [1.29, 1.82) is 0 Å². The Kier molecular flexibility index (Phi) is 10.1. The highest BCUT2D eigenvalue weighted by molar-refractivity contribution is 7.53. The van der Waals surface area contributed by atoms with E-state index < -0.39 is 31.3 Å². The molecule has 0 unspecified atom stereocenters. The normalized spacial score (nSPS) is 12.9. The maximum absolute atomic E-state index is 13.3. The van der Waals surface area contributed by atoms with Crippen LogP contribution in [-0.2, 0) is 40.5 Å². The summed E-state index contributed by atoms with van der Waals surface area (Å²) in [6.07, 6.45) is -0.876. The predicted molar refractivity (Wildman–Crippen MR) is 135 cm³/mol. The second-order valence-electron chi connectivity index (χ2n) is 8.92. The van der Waals surface area contributed by atoms with Gasteiger partial charge in [-0.15, -0.1) is 0 Å². The predicted octanol–water partition coefficient (Wildman–Crippen LogP) is 5.57. The van der Waals surface area contributed by atoms with Gasteiger partial charge in [-0.05, 0) is 70.9 Å². The van der Waals surface area contributed by atoms with E-state index >= 15 is 0 Å². The van der Waals surface area contributed by atoms with Gasteiger partial charge in [-0.2, -0.15) is 0 Å². The highest BCUT2D eigenvalue weighted by atomic mass is 35.5. The van der Waals surface area contributed by atoms with Crippen LogP contribution in [0.2, 0.25) is 5.02 Å². The third-order valence-corrected chi connectivity index (χ3v) is 7.29. The van der Waals surface area contributed by atoms with Crippen LogP contribution in [0.4, 0.5) is 4.79 Å². The molecule has 1 aromatic heterocycles. The molecule has 194 valence electrons.